The van der Waals surface area contributed by atoms with Crippen LogP contribution in [0.2, 0.25) is 0 Å². The lowest BCUT2D eigenvalue weighted by atomic mass is 10.2. The number of hydrogen-bond donors (Lipinski definition) is 1. The first-order valence-electron chi connectivity index (χ1n) is 6.78. The summed E-state index contributed by atoms with van der Waals surface area (Å²) >= 11 is 0. The summed E-state index contributed by atoms with van der Waals surface area (Å²) in [5, 5.41) is 11.5. The summed E-state index contributed by atoms with van der Waals surface area (Å²) in [5.41, 5.74) is 0.354. The number of carbonyl (C=O) groups is 2. The average molecular weight is 312 g/mol. The number of nitrogens with one attached hydrogen (secondary N) is 1. The number of carbonyl (C=O) groups excluding carboxylic acids is 2. The highest BCUT2D eigenvalue weighted by atomic mass is 19.1. The van der Waals surface area contributed by atoms with E-state index in [1.165, 1.54) is 25.1 Å². The van der Waals surface area contributed by atoms with Gasteiger partial charge in [0.1, 0.15) is 11.9 Å². The Labute approximate surface area is 132 Å². The van der Waals surface area contributed by atoms with Crippen molar-refractivity contribution in [3.63, 3.8) is 0 Å². The van der Waals surface area contributed by atoms with Crippen LogP contribution in [0.5, 0.6) is 0 Å². The van der Waals surface area contributed by atoms with E-state index in [1.54, 1.807) is 24.3 Å². The van der Waals surface area contributed by atoms with Gasteiger partial charge in [-0.15, -0.1) is 0 Å². The number of benzene rings is 2. The van der Waals surface area contributed by atoms with Gasteiger partial charge >= 0.3 is 5.97 Å². The quantitative estimate of drug-likeness (QED) is 0.880. The molecule has 2 rings (SSSR count). The molecule has 0 heterocycles. The van der Waals surface area contributed by atoms with Crippen molar-refractivity contribution in [3.8, 4) is 6.07 Å². The maximum Gasteiger partial charge on any atom is 0.341 e. The zero-order valence-electron chi connectivity index (χ0n) is 12.2. The van der Waals surface area contributed by atoms with Crippen LogP contribution >= 0.6 is 0 Å². The van der Waals surface area contributed by atoms with Crippen LogP contribution in [0.25, 0.3) is 0 Å². The predicted octanol–water partition coefficient (Wildman–Crippen LogP) is 2.88. The summed E-state index contributed by atoms with van der Waals surface area (Å²) in [4.78, 5) is 23.9. The Hall–Kier alpha value is -3.20. The molecule has 0 saturated carbocycles. The molecule has 0 aliphatic rings. The van der Waals surface area contributed by atoms with Crippen molar-refractivity contribution in [2.24, 2.45) is 0 Å². The van der Waals surface area contributed by atoms with E-state index in [-0.39, 0.29) is 11.1 Å². The maximum absolute atomic E-state index is 13.5. The maximum atomic E-state index is 13.5. The molecule has 0 spiro atoms. The molecule has 116 valence electrons. The fraction of sp³-hybridized carbons (Fsp3) is 0.118. The number of hydrogen-bond acceptors (Lipinski definition) is 4. The Morgan fingerprint density at radius 3 is 2.52 bits per heavy atom. The second kappa shape index (κ2) is 7.18. The topological polar surface area (TPSA) is 79.2 Å². The first-order valence-corrected chi connectivity index (χ1v) is 6.78. The van der Waals surface area contributed by atoms with Crippen molar-refractivity contribution in [3.05, 3.63) is 65.5 Å². The summed E-state index contributed by atoms with van der Waals surface area (Å²) in [7, 11) is 0. The minimum Gasteiger partial charge on any atom is -0.449 e. The van der Waals surface area contributed by atoms with Crippen LogP contribution in [0.3, 0.4) is 0 Å². The fourth-order valence-corrected chi connectivity index (χ4v) is 1.83. The van der Waals surface area contributed by atoms with E-state index in [2.05, 4.69) is 5.32 Å². The van der Waals surface area contributed by atoms with E-state index in [0.29, 0.717) is 5.69 Å². The zero-order chi connectivity index (χ0) is 16.8. The van der Waals surface area contributed by atoms with Gasteiger partial charge in [0, 0.05) is 0 Å². The minimum absolute atomic E-state index is 0.246. The van der Waals surface area contributed by atoms with Crippen molar-refractivity contribution in [1.82, 2.24) is 0 Å². The van der Waals surface area contributed by atoms with E-state index < -0.39 is 23.8 Å². The number of rotatable bonds is 4. The Morgan fingerprint density at radius 1 is 1.17 bits per heavy atom. The van der Waals surface area contributed by atoms with Gasteiger partial charge in [0.05, 0.1) is 16.8 Å². The summed E-state index contributed by atoms with van der Waals surface area (Å²) in [6, 6.07) is 13.7. The van der Waals surface area contributed by atoms with Gasteiger partial charge in [-0.25, -0.2) is 9.18 Å². The predicted molar refractivity (Wildman–Crippen MR) is 81.1 cm³/mol. The van der Waals surface area contributed by atoms with Crippen molar-refractivity contribution in [2.75, 3.05) is 5.32 Å². The molecule has 0 aliphatic heterocycles. The molecule has 6 heteroatoms. The smallest absolute Gasteiger partial charge is 0.341 e. The minimum atomic E-state index is -1.14. The van der Waals surface area contributed by atoms with Crippen molar-refractivity contribution in [1.29, 1.82) is 5.26 Å². The van der Waals surface area contributed by atoms with Gasteiger partial charge in [-0.3, -0.25) is 4.79 Å². The first-order chi connectivity index (χ1) is 11.0. The van der Waals surface area contributed by atoms with Crippen LogP contribution in [0, 0.1) is 17.1 Å². The molecule has 0 radical (unpaired) electrons. The molecule has 0 saturated heterocycles. The van der Waals surface area contributed by atoms with Gasteiger partial charge in [0.25, 0.3) is 5.91 Å². The van der Waals surface area contributed by atoms with E-state index in [4.69, 9.17) is 10.00 Å². The molecular formula is C17H13FN2O3. The third kappa shape index (κ3) is 3.92. The molecular weight excluding hydrogens is 299 g/mol. The molecule has 0 bridgehead atoms. The van der Waals surface area contributed by atoms with Crippen molar-refractivity contribution >= 4 is 17.6 Å². The molecule has 0 fully saturated rings. The monoisotopic (exact) mass is 312 g/mol. The standard InChI is InChI=1S/C17H13FN2O3/c1-11(23-17(22)13-7-3-4-8-14(13)18)16(21)20-15-9-5-2-6-12(15)10-19/h2-9,11H,1H3,(H,20,21)/t11-/m1/s1. The second-order valence-corrected chi connectivity index (χ2v) is 4.67. The molecule has 2 aromatic rings. The number of nitrogens with zero attached hydrogens (tertiary/aromatic N) is 1. The highest BCUT2D eigenvalue weighted by molar-refractivity contribution is 5.98. The molecule has 0 aliphatic carbocycles. The van der Waals surface area contributed by atoms with Crippen LogP contribution < -0.4 is 5.32 Å². The Kier molecular flexibility index (Phi) is 5.05. The molecule has 23 heavy (non-hydrogen) atoms. The van der Waals surface area contributed by atoms with Gasteiger partial charge < -0.3 is 10.1 Å². The number of ether oxygens (including phenoxy) is 1. The van der Waals surface area contributed by atoms with Crippen LogP contribution in [0.4, 0.5) is 10.1 Å². The fourth-order valence-electron chi connectivity index (χ4n) is 1.83. The van der Waals surface area contributed by atoms with Crippen molar-refractivity contribution in [2.45, 2.75) is 13.0 Å². The summed E-state index contributed by atoms with van der Waals surface area (Å²) in [6.07, 6.45) is -1.14. The number of amides is 1. The molecule has 1 atom stereocenters. The molecule has 1 amide bonds. The van der Waals surface area contributed by atoms with Gasteiger partial charge in [0.2, 0.25) is 0 Å². The van der Waals surface area contributed by atoms with Crippen LogP contribution in [-0.2, 0) is 9.53 Å². The van der Waals surface area contributed by atoms with Gasteiger partial charge in [0.15, 0.2) is 6.10 Å². The lowest BCUT2D eigenvalue weighted by molar-refractivity contribution is -0.123. The number of halogens is 1. The number of esters is 1. The number of nitriles is 1. The van der Waals surface area contributed by atoms with E-state index in [0.717, 1.165) is 6.07 Å². The van der Waals surface area contributed by atoms with E-state index in [9.17, 15) is 14.0 Å². The lowest BCUT2D eigenvalue weighted by Gasteiger charge is -2.14. The van der Waals surface area contributed by atoms with Crippen LogP contribution in [-0.4, -0.2) is 18.0 Å². The van der Waals surface area contributed by atoms with Crippen LogP contribution in [0.1, 0.15) is 22.8 Å². The third-order valence-corrected chi connectivity index (χ3v) is 3.05. The molecule has 1 N–H and O–H groups in total. The second-order valence-electron chi connectivity index (χ2n) is 4.67. The van der Waals surface area contributed by atoms with Crippen molar-refractivity contribution < 1.29 is 18.7 Å². The highest BCUT2D eigenvalue weighted by Crippen LogP contribution is 2.15. The highest BCUT2D eigenvalue weighted by Gasteiger charge is 2.21. The normalized spacial score (nSPS) is 11.2. The third-order valence-electron chi connectivity index (χ3n) is 3.05. The van der Waals surface area contributed by atoms with E-state index in [1.807, 2.05) is 6.07 Å². The largest absolute Gasteiger partial charge is 0.449 e. The SMILES string of the molecule is C[C@@H](OC(=O)c1ccccc1F)C(=O)Nc1ccccc1C#N. The van der Waals surface area contributed by atoms with Crippen LogP contribution in [0.15, 0.2) is 48.5 Å². The summed E-state index contributed by atoms with van der Waals surface area (Å²) in [6.45, 7) is 1.36. The molecule has 0 unspecified atom stereocenters. The Bertz CT molecular complexity index is 783. The Balaban J connectivity index is 2.05. The van der Waals surface area contributed by atoms with E-state index >= 15 is 0 Å². The zero-order valence-corrected chi connectivity index (χ0v) is 12.2. The molecule has 5 nitrogen and oxygen atoms in total. The first kappa shape index (κ1) is 16.2. The summed E-state index contributed by atoms with van der Waals surface area (Å²) in [5.74, 6) is -2.27. The molecule has 0 aromatic heterocycles. The Morgan fingerprint density at radius 2 is 1.83 bits per heavy atom. The number of para-hydroxylation sites is 1. The van der Waals surface area contributed by atoms with Gasteiger partial charge in [-0.1, -0.05) is 24.3 Å². The average Bonchev–Trinajstić information content (AvgIpc) is 2.55. The van der Waals surface area contributed by atoms with Gasteiger partial charge in [-0.2, -0.15) is 5.26 Å². The molecule has 2 aromatic carbocycles. The lowest BCUT2D eigenvalue weighted by Crippen LogP contribution is -2.30. The van der Waals surface area contributed by atoms with Gasteiger partial charge in [-0.05, 0) is 31.2 Å². The number of anilines is 1. The summed E-state index contributed by atoms with van der Waals surface area (Å²) < 4.78 is 18.5.